The highest BCUT2D eigenvalue weighted by atomic mass is 35.5. The fraction of sp³-hybridized carbons (Fsp3) is 0.455. The molecule has 0 radical (unpaired) electrons. The molecule has 6 heteroatoms. The molecule has 2 N–H and O–H groups in total. The van der Waals surface area contributed by atoms with Crippen LogP contribution in [-0.2, 0) is 0 Å². The molecule has 1 aromatic heterocycles. The minimum Gasteiger partial charge on any atom is -0.396 e. The van der Waals surface area contributed by atoms with Crippen molar-refractivity contribution in [3.8, 4) is 0 Å². The number of aliphatic hydroxyl groups is 1. The van der Waals surface area contributed by atoms with Crippen molar-refractivity contribution >= 4 is 29.1 Å². The van der Waals surface area contributed by atoms with Crippen molar-refractivity contribution in [2.75, 3.05) is 6.61 Å². The number of carbonyl (C=O) groups is 1. The van der Waals surface area contributed by atoms with Crippen molar-refractivity contribution < 1.29 is 9.90 Å². The number of hydrogen-bond donors (Lipinski definition) is 2. The number of nitrogens with zero attached hydrogens (tertiary/aromatic N) is 1. The van der Waals surface area contributed by atoms with Crippen LogP contribution in [0.5, 0.6) is 0 Å². The van der Waals surface area contributed by atoms with Gasteiger partial charge in [0, 0.05) is 17.7 Å². The first kappa shape index (κ1) is 14.2. The van der Waals surface area contributed by atoms with Crippen LogP contribution in [0, 0.1) is 0 Å². The number of halogens is 2. The average Bonchev–Trinajstić information content (AvgIpc) is 2.14. The fourth-order valence-electron chi connectivity index (χ4n) is 1.32. The Hall–Kier alpha value is -0.840. The van der Waals surface area contributed by atoms with Crippen molar-refractivity contribution in [3.63, 3.8) is 0 Å². The van der Waals surface area contributed by atoms with Gasteiger partial charge in [0.15, 0.2) is 0 Å². The third-order valence-electron chi connectivity index (χ3n) is 2.21. The van der Waals surface area contributed by atoms with E-state index >= 15 is 0 Å². The molecule has 0 bridgehead atoms. The number of amides is 1. The summed E-state index contributed by atoms with van der Waals surface area (Å²) in [6.07, 6.45) is 0.464. The SMILES string of the molecule is CC(C)(CCO)NC(=O)c1cc(Cl)nc(Cl)c1. The Kier molecular flexibility index (Phi) is 4.74. The molecule has 0 fully saturated rings. The molecule has 0 aromatic carbocycles. The molecule has 0 aliphatic rings. The minimum absolute atomic E-state index is 0.00510. The lowest BCUT2D eigenvalue weighted by Crippen LogP contribution is -2.44. The molecule has 1 heterocycles. The maximum atomic E-state index is 11.9. The van der Waals surface area contributed by atoms with E-state index in [1.807, 2.05) is 13.8 Å². The molecule has 0 atom stereocenters. The normalized spacial score (nSPS) is 11.4. The zero-order valence-electron chi connectivity index (χ0n) is 9.63. The molecule has 0 unspecified atom stereocenters. The molecular weight excluding hydrogens is 263 g/mol. The van der Waals surface area contributed by atoms with Gasteiger partial charge < -0.3 is 10.4 Å². The van der Waals surface area contributed by atoms with Gasteiger partial charge in [-0.05, 0) is 32.4 Å². The van der Waals surface area contributed by atoms with E-state index in [0.29, 0.717) is 12.0 Å². The molecular formula is C11H14Cl2N2O2. The van der Waals surface area contributed by atoms with Crippen LogP contribution < -0.4 is 5.32 Å². The highest BCUT2D eigenvalue weighted by molar-refractivity contribution is 6.33. The summed E-state index contributed by atoms with van der Waals surface area (Å²) in [5.74, 6) is -0.297. The molecule has 0 spiro atoms. The van der Waals surface area contributed by atoms with Crippen molar-refractivity contribution in [1.29, 1.82) is 0 Å². The molecule has 1 rings (SSSR count). The van der Waals surface area contributed by atoms with E-state index in [4.69, 9.17) is 28.3 Å². The third kappa shape index (κ3) is 4.50. The first-order chi connectivity index (χ1) is 7.84. The van der Waals surface area contributed by atoms with Crippen molar-refractivity contribution in [1.82, 2.24) is 10.3 Å². The van der Waals surface area contributed by atoms with Gasteiger partial charge in [-0.2, -0.15) is 0 Å². The number of aromatic nitrogens is 1. The Morgan fingerprint density at radius 3 is 2.41 bits per heavy atom. The molecule has 4 nitrogen and oxygen atoms in total. The summed E-state index contributed by atoms with van der Waals surface area (Å²) in [5.41, 5.74) is -0.144. The average molecular weight is 277 g/mol. The maximum Gasteiger partial charge on any atom is 0.251 e. The number of hydrogen-bond acceptors (Lipinski definition) is 3. The number of nitrogens with one attached hydrogen (secondary N) is 1. The highest BCUT2D eigenvalue weighted by Gasteiger charge is 2.21. The summed E-state index contributed by atoms with van der Waals surface area (Å²) in [6.45, 7) is 3.65. The van der Waals surface area contributed by atoms with Gasteiger partial charge in [-0.3, -0.25) is 4.79 Å². The Morgan fingerprint density at radius 1 is 1.41 bits per heavy atom. The lowest BCUT2D eigenvalue weighted by atomic mass is 10.0. The quantitative estimate of drug-likeness (QED) is 0.830. The Balaban J connectivity index is 2.83. The highest BCUT2D eigenvalue weighted by Crippen LogP contribution is 2.16. The van der Waals surface area contributed by atoms with Crippen LogP contribution in [0.1, 0.15) is 30.6 Å². The molecule has 17 heavy (non-hydrogen) atoms. The summed E-state index contributed by atoms with van der Waals surface area (Å²) in [6, 6.07) is 2.88. The van der Waals surface area contributed by atoms with E-state index in [2.05, 4.69) is 10.3 Å². The maximum absolute atomic E-state index is 11.9. The Bertz CT molecular complexity index is 402. The molecule has 94 valence electrons. The van der Waals surface area contributed by atoms with E-state index in [9.17, 15) is 4.79 Å². The second kappa shape index (κ2) is 5.67. The lowest BCUT2D eigenvalue weighted by molar-refractivity contribution is 0.0899. The van der Waals surface area contributed by atoms with Gasteiger partial charge in [-0.15, -0.1) is 0 Å². The monoisotopic (exact) mass is 276 g/mol. The summed E-state index contributed by atoms with van der Waals surface area (Å²) < 4.78 is 0. The molecule has 0 aliphatic carbocycles. The van der Waals surface area contributed by atoms with Gasteiger partial charge in [-0.25, -0.2) is 4.98 Å². The van der Waals surface area contributed by atoms with Crippen LogP contribution in [0.2, 0.25) is 10.3 Å². The topological polar surface area (TPSA) is 62.2 Å². The van der Waals surface area contributed by atoms with Gasteiger partial charge >= 0.3 is 0 Å². The molecule has 0 aliphatic heterocycles. The largest absolute Gasteiger partial charge is 0.396 e. The van der Waals surface area contributed by atoms with Crippen LogP contribution in [-0.4, -0.2) is 28.1 Å². The zero-order valence-corrected chi connectivity index (χ0v) is 11.1. The van der Waals surface area contributed by atoms with Crippen LogP contribution in [0.15, 0.2) is 12.1 Å². The van der Waals surface area contributed by atoms with Gasteiger partial charge in [-0.1, -0.05) is 23.2 Å². The molecule has 0 saturated heterocycles. The summed E-state index contributed by atoms with van der Waals surface area (Å²) in [7, 11) is 0. The first-order valence-electron chi connectivity index (χ1n) is 5.10. The van der Waals surface area contributed by atoms with Crippen LogP contribution in [0.4, 0.5) is 0 Å². The number of carbonyl (C=O) groups excluding carboxylic acids is 1. The number of pyridine rings is 1. The summed E-state index contributed by atoms with van der Waals surface area (Å²) >= 11 is 11.4. The van der Waals surface area contributed by atoms with Crippen molar-refractivity contribution in [3.05, 3.63) is 28.0 Å². The minimum atomic E-state index is -0.492. The van der Waals surface area contributed by atoms with Gasteiger partial charge in [0.2, 0.25) is 0 Å². The van der Waals surface area contributed by atoms with E-state index in [0.717, 1.165) is 0 Å². The second-order valence-corrected chi connectivity index (χ2v) is 5.09. The predicted molar refractivity (Wildman–Crippen MR) is 67.5 cm³/mol. The van der Waals surface area contributed by atoms with Crippen molar-refractivity contribution in [2.45, 2.75) is 25.8 Å². The smallest absolute Gasteiger partial charge is 0.251 e. The van der Waals surface area contributed by atoms with Gasteiger partial charge in [0.05, 0.1) is 0 Å². The predicted octanol–water partition coefficient (Wildman–Crippen LogP) is 2.28. The van der Waals surface area contributed by atoms with Crippen LogP contribution in [0.3, 0.4) is 0 Å². The summed E-state index contributed by atoms with van der Waals surface area (Å²) in [5, 5.41) is 12.0. The number of rotatable bonds is 4. The standard InChI is InChI=1S/C11H14Cl2N2O2/c1-11(2,3-4-16)15-10(17)7-5-8(12)14-9(13)6-7/h5-6,16H,3-4H2,1-2H3,(H,15,17). The van der Waals surface area contributed by atoms with Crippen LogP contribution >= 0.6 is 23.2 Å². The lowest BCUT2D eigenvalue weighted by Gasteiger charge is -2.25. The zero-order chi connectivity index (χ0) is 13.1. The van der Waals surface area contributed by atoms with E-state index in [1.165, 1.54) is 12.1 Å². The number of aliphatic hydroxyl groups excluding tert-OH is 1. The second-order valence-electron chi connectivity index (χ2n) is 4.31. The van der Waals surface area contributed by atoms with Crippen molar-refractivity contribution in [2.24, 2.45) is 0 Å². The van der Waals surface area contributed by atoms with Crippen LogP contribution in [0.25, 0.3) is 0 Å². The first-order valence-corrected chi connectivity index (χ1v) is 5.86. The van der Waals surface area contributed by atoms with E-state index < -0.39 is 5.54 Å². The van der Waals surface area contributed by atoms with Gasteiger partial charge in [0.25, 0.3) is 5.91 Å². The molecule has 0 saturated carbocycles. The Labute approximate surface area is 110 Å². The Morgan fingerprint density at radius 2 is 1.94 bits per heavy atom. The van der Waals surface area contributed by atoms with E-state index in [-0.39, 0.29) is 22.8 Å². The summed E-state index contributed by atoms with van der Waals surface area (Å²) in [4.78, 5) is 15.7. The molecule has 1 amide bonds. The molecule has 1 aromatic rings. The van der Waals surface area contributed by atoms with Gasteiger partial charge in [0.1, 0.15) is 10.3 Å². The van der Waals surface area contributed by atoms with E-state index in [1.54, 1.807) is 0 Å². The fourth-order valence-corrected chi connectivity index (χ4v) is 1.78. The third-order valence-corrected chi connectivity index (χ3v) is 2.60.